The summed E-state index contributed by atoms with van der Waals surface area (Å²) in [6.07, 6.45) is 5.96. The Kier molecular flexibility index (Phi) is 5.04. The predicted octanol–water partition coefficient (Wildman–Crippen LogP) is 2.02. The van der Waals surface area contributed by atoms with Crippen LogP contribution in [0.1, 0.15) is 49.9 Å². The number of aliphatic hydroxyl groups is 1. The van der Waals surface area contributed by atoms with Gasteiger partial charge in [0.1, 0.15) is 12.2 Å². The first-order valence-corrected chi connectivity index (χ1v) is 8.89. The molecule has 0 aromatic carbocycles. The quantitative estimate of drug-likeness (QED) is 0.862. The van der Waals surface area contributed by atoms with Crippen molar-refractivity contribution < 1.29 is 14.6 Å². The first-order valence-electron chi connectivity index (χ1n) is 8.89. The van der Waals surface area contributed by atoms with Crippen LogP contribution in [-0.4, -0.2) is 51.2 Å². The average molecular weight is 333 g/mol. The van der Waals surface area contributed by atoms with Crippen molar-refractivity contribution in [2.24, 2.45) is 5.92 Å². The summed E-state index contributed by atoms with van der Waals surface area (Å²) in [5.41, 5.74) is 0.667. The van der Waals surface area contributed by atoms with Gasteiger partial charge in [0, 0.05) is 24.4 Å². The number of carbonyl (C=O) groups excluding carboxylic acids is 1. The van der Waals surface area contributed by atoms with Crippen LogP contribution < -0.4 is 4.74 Å². The van der Waals surface area contributed by atoms with Gasteiger partial charge in [-0.3, -0.25) is 4.79 Å². The number of hydrogen-bond acceptors (Lipinski definition) is 5. The lowest BCUT2D eigenvalue weighted by Crippen LogP contribution is -2.41. The van der Waals surface area contributed by atoms with Crippen LogP contribution in [0.25, 0.3) is 0 Å². The van der Waals surface area contributed by atoms with E-state index in [0.717, 1.165) is 23.7 Å². The van der Waals surface area contributed by atoms with Crippen molar-refractivity contribution in [3.8, 4) is 6.01 Å². The topological polar surface area (TPSA) is 75.6 Å². The Hall–Kier alpha value is -1.69. The zero-order valence-electron chi connectivity index (χ0n) is 14.6. The zero-order chi connectivity index (χ0) is 17.2. The number of likely N-dealkylation sites (tertiary alicyclic amines) is 1. The lowest BCUT2D eigenvalue weighted by molar-refractivity contribution is -0.131. The lowest BCUT2D eigenvalue weighted by atomic mass is 9.82. The van der Waals surface area contributed by atoms with Crippen molar-refractivity contribution in [2.45, 2.75) is 58.0 Å². The molecule has 2 heterocycles. The molecule has 1 amide bonds. The molecule has 6 heteroatoms. The number of hydrogen-bond donors (Lipinski definition) is 1. The molecule has 2 aliphatic rings. The lowest BCUT2D eigenvalue weighted by Gasteiger charge is -2.26. The third-order valence-corrected chi connectivity index (χ3v) is 5.11. The van der Waals surface area contributed by atoms with Crippen LogP contribution in [0.15, 0.2) is 6.07 Å². The highest BCUT2D eigenvalue weighted by Gasteiger charge is 2.39. The molecule has 1 aromatic rings. The Labute approximate surface area is 143 Å². The van der Waals surface area contributed by atoms with Gasteiger partial charge in [-0.05, 0) is 38.7 Å². The number of ether oxygens (including phenoxy) is 1. The molecule has 24 heavy (non-hydrogen) atoms. The van der Waals surface area contributed by atoms with Gasteiger partial charge in [-0.1, -0.05) is 19.3 Å². The molecule has 132 valence electrons. The Morgan fingerprint density at radius 1 is 1.38 bits per heavy atom. The molecule has 1 saturated heterocycles. The molecule has 1 aliphatic heterocycles. The Morgan fingerprint density at radius 3 is 2.71 bits per heavy atom. The summed E-state index contributed by atoms with van der Waals surface area (Å²) < 4.78 is 5.60. The van der Waals surface area contributed by atoms with Crippen molar-refractivity contribution in [3.05, 3.63) is 17.5 Å². The van der Waals surface area contributed by atoms with Gasteiger partial charge in [-0.2, -0.15) is 0 Å². The van der Waals surface area contributed by atoms with Gasteiger partial charge in [-0.15, -0.1) is 0 Å². The molecule has 1 N–H and O–H groups in total. The number of aryl methyl sites for hydroxylation is 2. The van der Waals surface area contributed by atoms with Crippen molar-refractivity contribution in [2.75, 3.05) is 19.7 Å². The van der Waals surface area contributed by atoms with Gasteiger partial charge >= 0.3 is 6.01 Å². The van der Waals surface area contributed by atoms with Crippen molar-refractivity contribution in [1.82, 2.24) is 14.9 Å². The molecule has 3 rings (SSSR count). The molecule has 1 saturated carbocycles. The van der Waals surface area contributed by atoms with E-state index >= 15 is 0 Å². The second-order valence-corrected chi connectivity index (χ2v) is 7.35. The van der Waals surface area contributed by atoms with Crippen LogP contribution in [0.5, 0.6) is 6.01 Å². The minimum atomic E-state index is -1.01. The molecule has 1 aliphatic carbocycles. The smallest absolute Gasteiger partial charge is 0.316 e. The number of β-amino-alcohol motifs (C(OH)–C–C–N with tert-alkyl or cyclic N) is 1. The summed E-state index contributed by atoms with van der Waals surface area (Å²) in [4.78, 5) is 22.5. The highest BCUT2D eigenvalue weighted by Crippen LogP contribution is 2.31. The molecule has 0 radical (unpaired) electrons. The summed E-state index contributed by atoms with van der Waals surface area (Å²) >= 11 is 0. The van der Waals surface area contributed by atoms with Gasteiger partial charge < -0.3 is 14.7 Å². The molecule has 1 atom stereocenters. The first-order chi connectivity index (χ1) is 11.4. The van der Waals surface area contributed by atoms with Crippen molar-refractivity contribution >= 4 is 5.91 Å². The maximum Gasteiger partial charge on any atom is 0.316 e. The maximum absolute atomic E-state index is 12.3. The highest BCUT2D eigenvalue weighted by atomic mass is 16.5. The molecule has 6 nitrogen and oxygen atoms in total. The molecular formula is C18H27N3O3. The van der Waals surface area contributed by atoms with E-state index < -0.39 is 5.60 Å². The fraction of sp³-hybridized carbons (Fsp3) is 0.722. The summed E-state index contributed by atoms with van der Waals surface area (Å²) in [5, 5.41) is 10.7. The largest absolute Gasteiger partial charge is 0.460 e. The number of nitrogens with zero attached hydrogens (tertiary/aromatic N) is 3. The highest BCUT2D eigenvalue weighted by molar-refractivity contribution is 5.76. The summed E-state index contributed by atoms with van der Waals surface area (Å²) in [7, 11) is 0. The van der Waals surface area contributed by atoms with Crippen LogP contribution in [0, 0.1) is 19.8 Å². The van der Waals surface area contributed by atoms with E-state index in [2.05, 4.69) is 9.97 Å². The summed E-state index contributed by atoms with van der Waals surface area (Å²) in [6.45, 7) is 4.81. The fourth-order valence-corrected chi connectivity index (χ4v) is 3.41. The van der Waals surface area contributed by atoms with E-state index in [9.17, 15) is 9.90 Å². The average Bonchev–Trinajstić information content (AvgIpc) is 2.86. The Morgan fingerprint density at radius 2 is 2.08 bits per heavy atom. The summed E-state index contributed by atoms with van der Waals surface area (Å²) in [5.74, 6) is 0.890. The molecule has 2 fully saturated rings. The second kappa shape index (κ2) is 7.05. The van der Waals surface area contributed by atoms with Crippen LogP contribution in [0.3, 0.4) is 0 Å². The van der Waals surface area contributed by atoms with Gasteiger partial charge in [0.25, 0.3) is 0 Å². The standard InChI is InChI=1S/C18H27N3O3/c1-13-10-14(2)20-17(19-13)24-12-18(23)8-9-21(11-18)16(22)7-6-15-4-3-5-15/h10,15,23H,3-9,11-12H2,1-2H3. The monoisotopic (exact) mass is 333 g/mol. The van der Waals surface area contributed by atoms with Crippen LogP contribution in [-0.2, 0) is 4.79 Å². The molecular weight excluding hydrogens is 306 g/mol. The minimum absolute atomic E-state index is 0.113. The Bertz CT molecular complexity index is 583. The van der Waals surface area contributed by atoms with Gasteiger partial charge in [0.2, 0.25) is 5.91 Å². The van der Waals surface area contributed by atoms with Gasteiger partial charge in [0.05, 0.1) is 6.54 Å². The van der Waals surface area contributed by atoms with Crippen molar-refractivity contribution in [3.63, 3.8) is 0 Å². The first kappa shape index (κ1) is 17.1. The molecule has 1 unspecified atom stereocenters. The van der Waals surface area contributed by atoms with E-state index in [1.54, 1.807) is 4.90 Å². The maximum atomic E-state index is 12.3. The normalized spacial score (nSPS) is 24.0. The second-order valence-electron chi connectivity index (χ2n) is 7.35. The number of aromatic nitrogens is 2. The van der Waals surface area contributed by atoms with Crippen LogP contribution in [0.2, 0.25) is 0 Å². The predicted molar refractivity (Wildman–Crippen MR) is 89.7 cm³/mol. The van der Waals surface area contributed by atoms with Gasteiger partial charge in [-0.25, -0.2) is 9.97 Å². The molecule has 0 bridgehead atoms. The number of carbonyl (C=O) groups is 1. The van der Waals surface area contributed by atoms with Crippen LogP contribution in [0.4, 0.5) is 0 Å². The number of amides is 1. The van der Waals surface area contributed by atoms with Gasteiger partial charge in [0.15, 0.2) is 0 Å². The Balaban J connectivity index is 1.48. The number of rotatable bonds is 6. The van der Waals surface area contributed by atoms with Crippen molar-refractivity contribution in [1.29, 1.82) is 0 Å². The summed E-state index contributed by atoms with van der Waals surface area (Å²) in [6, 6.07) is 2.16. The molecule has 0 spiro atoms. The fourth-order valence-electron chi connectivity index (χ4n) is 3.41. The van der Waals surface area contributed by atoms with Crippen LogP contribution >= 0.6 is 0 Å². The van der Waals surface area contributed by atoms with E-state index in [4.69, 9.17) is 4.74 Å². The minimum Gasteiger partial charge on any atom is -0.460 e. The van der Waals surface area contributed by atoms with E-state index in [0.29, 0.717) is 25.9 Å². The SMILES string of the molecule is Cc1cc(C)nc(OCC2(O)CCN(C(=O)CCC3CCC3)C2)n1. The van der Waals surface area contributed by atoms with E-state index in [-0.39, 0.29) is 18.5 Å². The van der Waals surface area contributed by atoms with E-state index in [1.807, 2.05) is 19.9 Å². The third kappa shape index (κ3) is 4.23. The third-order valence-electron chi connectivity index (χ3n) is 5.11. The molecule has 1 aromatic heterocycles. The van der Waals surface area contributed by atoms with E-state index in [1.165, 1.54) is 19.3 Å². The zero-order valence-corrected chi connectivity index (χ0v) is 14.6.